The molecule has 4 N–H and O–H groups in total. The molecule has 0 unspecified atom stereocenters. The molecule has 0 radical (unpaired) electrons. The SMILES string of the molecule is C.CC/C=C\C[C@@H](O)[C@H](O)/C=C/C=C/C=C\C=C\[C@@H](O)C/C=C\CCC(=O)O. The van der Waals surface area contributed by atoms with Crippen LogP contribution in [0.3, 0.4) is 0 Å². The van der Waals surface area contributed by atoms with E-state index < -0.39 is 24.3 Å². The average molecular weight is 393 g/mol. The van der Waals surface area contributed by atoms with Crippen LogP contribution >= 0.6 is 0 Å². The van der Waals surface area contributed by atoms with Crippen molar-refractivity contribution < 1.29 is 25.2 Å². The van der Waals surface area contributed by atoms with Gasteiger partial charge < -0.3 is 20.4 Å². The second-order valence-corrected chi connectivity index (χ2v) is 5.92. The smallest absolute Gasteiger partial charge is 0.303 e. The number of allylic oxidation sites excluding steroid dienone is 8. The van der Waals surface area contributed by atoms with E-state index in [1.807, 2.05) is 19.1 Å². The zero-order valence-corrected chi connectivity index (χ0v) is 15.9. The van der Waals surface area contributed by atoms with E-state index in [0.29, 0.717) is 19.3 Å². The van der Waals surface area contributed by atoms with E-state index in [0.717, 1.165) is 6.42 Å². The molecule has 0 spiro atoms. The van der Waals surface area contributed by atoms with Crippen LogP contribution in [0.5, 0.6) is 0 Å². The molecule has 5 nitrogen and oxygen atoms in total. The van der Waals surface area contributed by atoms with Gasteiger partial charge in [-0.15, -0.1) is 0 Å². The molecule has 0 bridgehead atoms. The highest BCUT2D eigenvalue weighted by atomic mass is 16.4. The number of rotatable bonds is 14. The van der Waals surface area contributed by atoms with Crippen molar-refractivity contribution >= 4 is 5.97 Å². The van der Waals surface area contributed by atoms with E-state index in [2.05, 4.69) is 0 Å². The maximum Gasteiger partial charge on any atom is 0.303 e. The number of hydrogen-bond acceptors (Lipinski definition) is 4. The maximum atomic E-state index is 10.3. The standard InChI is InChI=1S/C22H32O5.CH4/c1-2-3-9-16-20(24)21(25)17-12-7-5-4-6-10-14-19(23)15-11-8-13-18-22(26)27;/h3-12,14,17,19-21,23-25H,2,13,15-16,18H2,1H3,(H,26,27);1H4/b6-4-,7-5+,9-3-,11-8-,14-10+,17-12+;/t19-,20-,21-;/m1./s1. The number of aliphatic carboxylic acids is 1. The second kappa shape index (κ2) is 19.5. The lowest BCUT2D eigenvalue weighted by Crippen LogP contribution is -2.22. The number of carboxylic acid groups (broad SMARTS) is 1. The van der Waals surface area contributed by atoms with E-state index in [-0.39, 0.29) is 13.8 Å². The highest BCUT2D eigenvalue weighted by Crippen LogP contribution is 2.03. The highest BCUT2D eigenvalue weighted by Gasteiger charge is 2.10. The quantitative estimate of drug-likeness (QED) is 0.264. The third-order valence-corrected chi connectivity index (χ3v) is 3.44. The first-order valence-corrected chi connectivity index (χ1v) is 9.21. The maximum absolute atomic E-state index is 10.3. The van der Waals surface area contributed by atoms with E-state index in [1.54, 1.807) is 54.7 Å². The average Bonchev–Trinajstić information content (AvgIpc) is 2.63. The summed E-state index contributed by atoms with van der Waals surface area (Å²) >= 11 is 0. The van der Waals surface area contributed by atoms with Crippen molar-refractivity contribution in [2.45, 2.75) is 64.8 Å². The van der Waals surface area contributed by atoms with Crippen molar-refractivity contribution in [3.63, 3.8) is 0 Å². The first-order valence-electron chi connectivity index (χ1n) is 9.21. The van der Waals surface area contributed by atoms with Crippen molar-refractivity contribution in [2.24, 2.45) is 0 Å². The van der Waals surface area contributed by atoms with Gasteiger partial charge in [-0.3, -0.25) is 4.79 Å². The Balaban J connectivity index is 0. The van der Waals surface area contributed by atoms with Crippen molar-refractivity contribution in [1.82, 2.24) is 0 Å². The van der Waals surface area contributed by atoms with Gasteiger partial charge in [-0.1, -0.05) is 87.3 Å². The number of hydrogen-bond donors (Lipinski definition) is 4. The molecule has 0 saturated carbocycles. The minimum atomic E-state index is -0.904. The summed E-state index contributed by atoms with van der Waals surface area (Å²) in [4.78, 5) is 10.3. The lowest BCUT2D eigenvalue weighted by molar-refractivity contribution is -0.136. The summed E-state index contributed by atoms with van der Waals surface area (Å²) in [6.45, 7) is 2.01. The Bertz CT molecular complexity index is 555. The van der Waals surface area contributed by atoms with Crippen LogP contribution in [-0.4, -0.2) is 44.7 Å². The molecule has 0 aromatic carbocycles. The molecule has 0 amide bonds. The Hall–Kier alpha value is -2.21. The van der Waals surface area contributed by atoms with Gasteiger partial charge in [0.25, 0.3) is 0 Å². The van der Waals surface area contributed by atoms with Gasteiger partial charge in [-0.25, -0.2) is 0 Å². The lowest BCUT2D eigenvalue weighted by Gasteiger charge is -2.11. The molecular weight excluding hydrogens is 356 g/mol. The predicted octanol–water partition coefficient (Wildman–Crippen LogP) is 4.10. The number of carbonyl (C=O) groups is 1. The number of carboxylic acids is 1. The van der Waals surface area contributed by atoms with Crippen LogP contribution in [0, 0.1) is 0 Å². The van der Waals surface area contributed by atoms with Gasteiger partial charge in [0.15, 0.2) is 0 Å². The zero-order valence-electron chi connectivity index (χ0n) is 15.9. The van der Waals surface area contributed by atoms with Crippen LogP contribution in [0.4, 0.5) is 0 Å². The van der Waals surface area contributed by atoms with Crippen molar-refractivity contribution in [1.29, 1.82) is 0 Å². The van der Waals surface area contributed by atoms with Gasteiger partial charge in [-0.05, 0) is 25.7 Å². The molecule has 3 atom stereocenters. The molecule has 28 heavy (non-hydrogen) atoms. The third kappa shape index (κ3) is 18.6. The molecule has 0 aliphatic carbocycles. The van der Waals surface area contributed by atoms with Gasteiger partial charge in [0.1, 0.15) is 0 Å². The molecule has 0 aliphatic heterocycles. The van der Waals surface area contributed by atoms with Crippen LogP contribution < -0.4 is 0 Å². The predicted molar refractivity (Wildman–Crippen MR) is 116 cm³/mol. The van der Waals surface area contributed by atoms with E-state index in [9.17, 15) is 20.1 Å². The third-order valence-electron chi connectivity index (χ3n) is 3.44. The summed E-state index contributed by atoms with van der Waals surface area (Å²) in [5.74, 6) is -0.831. The molecule has 0 aromatic heterocycles. The largest absolute Gasteiger partial charge is 0.481 e. The summed E-state index contributed by atoms with van der Waals surface area (Å²) < 4.78 is 0. The Labute approximate surface area is 169 Å². The highest BCUT2D eigenvalue weighted by molar-refractivity contribution is 5.66. The lowest BCUT2D eigenvalue weighted by atomic mass is 10.1. The molecule has 0 saturated heterocycles. The Morgan fingerprint density at radius 2 is 1.39 bits per heavy atom. The van der Waals surface area contributed by atoms with E-state index in [1.165, 1.54) is 6.08 Å². The fourth-order valence-corrected chi connectivity index (χ4v) is 1.94. The summed E-state index contributed by atoms with van der Waals surface area (Å²) in [6, 6.07) is 0. The van der Waals surface area contributed by atoms with Crippen molar-refractivity contribution in [3.8, 4) is 0 Å². The zero-order chi connectivity index (χ0) is 20.3. The van der Waals surface area contributed by atoms with Crippen LogP contribution in [0.15, 0.2) is 72.9 Å². The van der Waals surface area contributed by atoms with Crippen LogP contribution in [0.2, 0.25) is 0 Å². The Kier molecular flexibility index (Phi) is 19.6. The molecule has 0 aromatic rings. The van der Waals surface area contributed by atoms with Gasteiger partial charge >= 0.3 is 5.97 Å². The van der Waals surface area contributed by atoms with Gasteiger partial charge in [0.05, 0.1) is 18.3 Å². The molecule has 5 heteroatoms. The summed E-state index contributed by atoms with van der Waals surface area (Å²) in [5.41, 5.74) is 0. The fraction of sp³-hybridized carbons (Fsp3) is 0.435. The van der Waals surface area contributed by atoms with E-state index >= 15 is 0 Å². The molecule has 158 valence electrons. The Morgan fingerprint density at radius 1 is 0.821 bits per heavy atom. The van der Waals surface area contributed by atoms with E-state index in [4.69, 9.17) is 5.11 Å². The van der Waals surface area contributed by atoms with Crippen molar-refractivity contribution in [3.05, 3.63) is 72.9 Å². The van der Waals surface area contributed by atoms with Crippen molar-refractivity contribution in [2.75, 3.05) is 0 Å². The summed E-state index contributed by atoms with van der Waals surface area (Å²) in [6.07, 6.45) is 21.0. The second-order valence-electron chi connectivity index (χ2n) is 5.92. The van der Waals surface area contributed by atoms with Crippen LogP contribution in [0.1, 0.15) is 46.5 Å². The molecule has 0 rings (SSSR count). The number of aliphatic hydroxyl groups excluding tert-OH is 3. The normalized spacial score (nSPS) is 16.0. The molecule has 0 heterocycles. The summed E-state index contributed by atoms with van der Waals surface area (Å²) in [7, 11) is 0. The van der Waals surface area contributed by atoms with Gasteiger partial charge in [-0.2, -0.15) is 0 Å². The molecule has 0 aliphatic rings. The fourth-order valence-electron chi connectivity index (χ4n) is 1.94. The summed E-state index contributed by atoms with van der Waals surface area (Å²) in [5, 5.41) is 37.7. The monoisotopic (exact) mass is 392 g/mol. The minimum absolute atomic E-state index is 0. The van der Waals surface area contributed by atoms with Gasteiger partial charge in [0, 0.05) is 6.42 Å². The first kappa shape index (κ1) is 28.0. The minimum Gasteiger partial charge on any atom is -0.481 e. The van der Waals surface area contributed by atoms with Crippen LogP contribution in [0.25, 0.3) is 0 Å². The van der Waals surface area contributed by atoms with Crippen LogP contribution in [-0.2, 0) is 4.79 Å². The first-order chi connectivity index (χ1) is 13.0. The molecule has 0 fully saturated rings. The topological polar surface area (TPSA) is 98.0 Å². The Morgan fingerprint density at radius 3 is 2.00 bits per heavy atom. The molecular formula is C23H36O5. The van der Waals surface area contributed by atoms with Gasteiger partial charge in [0.2, 0.25) is 0 Å². The number of aliphatic hydroxyl groups is 3.